The van der Waals surface area contributed by atoms with Crippen molar-refractivity contribution >= 4 is 43.9 Å². The summed E-state index contributed by atoms with van der Waals surface area (Å²) >= 11 is 0.637. The van der Waals surface area contributed by atoms with Crippen molar-refractivity contribution in [3.05, 3.63) is 53.4 Å². The summed E-state index contributed by atoms with van der Waals surface area (Å²) in [5.41, 5.74) is 1.44. The van der Waals surface area contributed by atoms with E-state index in [4.69, 9.17) is 5.21 Å². The minimum atomic E-state index is -4.37. The van der Waals surface area contributed by atoms with E-state index in [1.807, 2.05) is 0 Å². The van der Waals surface area contributed by atoms with Crippen LogP contribution >= 0.6 is 11.3 Å². The van der Waals surface area contributed by atoms with Crippen LogP contribution in [0.2, 0.25) is 0 Å². The molecule has 2 aromatic carbocycles. The van der Waals surface area contributed by atoms with Crippen molar-refractivity contribution < 1.29 is 32.7 Å². The van der Waals surface area contributed by atoms with Crippen molar-refractivity contribution in [2.75, 3.05) is 29.9 Å². The van der Waals surface area contributed by atoms with Crippen LogP contribution in [0.25, 0.3) is 11.1 Å². The highest BCUT2D eigenvalue weighted by Crippen LogP contribution is 2.37. The van der Waals surface area contributed by atoms with E-state index in [1.54, 1.807) is 36.4 Å². The second kappa shape index (κ2) is 11.5. The molecule has 1 aliphatic rings. The number of nitrogens with zero attached hydrogens (tertiary/aromatic N) is 2. The summed E-state index contributed by atoms with van der Waals surface area (Å²) in [5, 5.41) is 21.1. The number of piperazine rings is 1. The summed E-state index contributed by atoms with van der Waals surface area (Å²) in [6, 6.07) is 12.7. The van der Waals surface area contributed by atoms with Crippen molar-refractivity contribution in [2.24, 2.45) is 5.90 Å². The average molecular weight is 538 g/mol. The van der Waals surface area contributed by atoms with Gasteiger partial charge < -0.3 is 25.8 Å². The maximum absolute atomic E-state index is 14.4. The molecule has 36 heavy (non-hydrogen) atoms. The Bertz CT molecular complexity index is 1350. The van der Waals surface area contributed by atoms with Crippen LogP contribution in [0.15, 0.2) is 58.5 Å². The van der Waals surface area contributed by atoms with Crippen LogP contribution in [0.5, 0.6) is 0 Å². The van der Waals surface area contributed by atoms with Gasteiger partial charge in [-0.05, 0) is 23.8 Å². The number of carbonyl (C=O) groups excluding carboxylic acids is 1. The van der Waals surface area contributed by atoms with Crippen molar-refractivity contribution in [3.63, 3.8) is 0 Å². The highest BCUT2D eigenvalue weighted by atomic mass is 32.2. The van der Waals surface area contributed by atoms with E-state index in [-0.39, 0.29) is 29.0 Å². The number of alkyl halides is 1. The molecule has 1 aliphatic heterocycles. The topological polar surface area (TPSA) is 175 Å². The molecule has 6 N–H and O–H groups in total. The van der Waals surface area contributed by atoms with E-state index in [9.17, 15) is 27.5 Å². The average Bonchev–Trinajstić information content (AvgIpc) is 3.32. The normalized spacial score (nSPS) is 15.6. The number of halogens is 1. The zero-order chi connectivity index (χ0) is 26.5. The lowest BCUT2D eigenvalue weighted by Gasteiger charge is -2.30. The summed E-state index contributed by atoms with van der Waals surface area (Å²) in [5.74, 6) is 1.81. The van der Waals surface area contributed by atoms with Crippen molar-refractivity contribution in [3.8, 4) is 11.1 Å². The fourth-order valence-electron chi connectivity index (χ4n) is 3.60. The fourth-order valence-corrected chi connectivity index (χ4v) is 6.46. The third-order valence-electron chi connectivity index (χ3n) is 5.15. The Hall–Kier alpha value is -3.43. The van der Waals surface area contributed by atoms with Crippen LogP contribution in [-0.4, -0.2) is 61.5 Å². The molecule has 3 aromatic rings. The molecule has 0 spiro atoms. The number of aromatic carboxylic acids is 1. The predicted molar refractivity (Wildman–Crippen MR) is 132 cm³/mol. The Kier molecular flexibility index (Phi) is 8.70. The number of aromatic nitrogens is 1. The molecule has 1 amide bonds. The maximum atomic E-state index is 14.4. The molecular weight excluding hydrogens is 513 g/mol. The van der Waals surface area contributed by atoms with Gasteiger partial charge in [-0.15, -0.1) is 0 Å². The standard InChI is InChI=1S/C22H21FN4O5S2.H3NO/c1-13(28)25-15-8-6-14(7-9-15)16-4-2-3-5-17(16)34(31,32)20-19(21(29)30)33-22(26-20)27-11-10-24-12-18(27)23;1-2/h2-9,18,24H,10-12H2,1H3,(H,25,28)(H,29,30);2H,1H2. The number of carboxylic acid groups (broad SMARTS) is 1. The van der Waals surface area contributed by atoms with Crippen molar-refractivity contribution in [1.82, 2.24) is 10.3 Å². The minimum Gasteiger partial charge on any atom is -0.477 e. The number of carboxylic acids is 1. The molecule has 14 heteroatoms. The zero-order valence-corrected chi connectivity index (χ0v) is 20.6. The number of amides is 1. The number of carbonyl (C=O) groups is 2. The number of benzene rings is 2. The number of rotatable bonds is 6. The largest absolute Gasteiger partial charge is 0.477 e. The van der Waals surface area contributed by atoms with E-state index in [1.165, 1.54) is 24.0 Å². The molecule has 1 saturated heterocycles. The summed E-state index contributed by atoms with van der Waals surface area (Å²) in [7, 11) is -4.37. The van der Waals surface area contributed by atoms with Gasteiger partial charge in [-0.2, -0.15) is 0 Å². The Balaban J connectivity index is 0.00000176. The van der Waals surface area contributed by atoms with Gasteiger partial charge in [0.15, 0.2) is 21.3 Å². The molecule has 0 radical (unpaired) electrons. The fraction of sp³-hybridized carbons (Fsp3) is 0.227. The third-order valence-corrected chi connectivity index (χ3v) is 8.10. The van der Waals surface area contributed by atoms with Gasteiger partial charge in [0.2, 0.25) is 15.7 Å². The van der Waals surface area contributed by atoms with Crippen LogP contribution in [-0.2, 0) is 14.6 Å². The first-order valence-corrected chi connectivity index (χ1v) is 12.8. The lowest BCUT2D eigenvalue weighted by Crippen LogP contribution is -2.49. The molecule has 0 bridgehead atoms. The molecule has 1 fully saturated rings. The monoisotopic (exact) mass is 537 g/mol. The van der Waals surface area contributed by atoms with Crippen LogP contribution in [0.4, 0.5) is 15.2 Å². The molecule has 0 saturated carbocycles. The summed E-state index contributed by atoms with van der Waals surface area (Å²) in [6.07, 6.45) is -1.45. The van der Waals surface area contributed by atoms with Crippen LogP contribution in [0.1, 0.15) is 16.6 Å². The van der Waals surface area contributed by atoms with Gasteiger partial charge in [0.25, 0.3) is 0 Å². The van der Waals surface area contributed by atoms with E-state index >= 15 is 0 Å². The van der Waals surface area contributed by atoms with Crippen LogP contribution < -0.4 is 21.4 Å². The lowest BCUT2D eigenvalue weighted by molar-refractivity contribution is -0.114. The van der Waals surface area contributed by atoms with Gasteiger partial charge in [0.05, 0.1) is 4.90 Å². The first kappa shape index (κ1) is 27.2. The lowest BCUT2D eigenvalue weighted by atomic mass is 10.1. The molecule has 0 aliphatic carbocycles. The number of nitrogens with two attached hydrogens (primary N) is 1. The molecule has 1 unspecified atom stereocenters. The van der Waals surface area contributed by atoms with E-state index in [0.717, 1.165) is 0 Å². The van der Waals surface area contributed by atoms with Gasteiger partial charge in [0, 0.05) is 37.8 Å². The maximum Gasteiger partial charge on any atom is 0.349 e. The SMILES string of the molecule is CC(=O)Nc1ccc(-c2ccccc2S(=O)(=O)c2nc(N3CCNCC3F)sc2C(=O)O)cc1.NO. The zero-order valence-electron chi connectivity index (χ0n) is 19.0. The van der Waals surface area contributed by atoms with Gasteiger partial charge >= 0.3 is 5.97 Å². The Labute approximate surface area is 210 Å². The number of anilines is 2. The molecule has 4 rings (SSSR count). The summed E-state index contributed by atoms with van der Waals surface area (Å²) in [4.78, 5) is 27.9. The number of thiazole rings is 1. The number of hydrogen-bond donors (Lipinski definition) is 5. The summed E-state index contributed by atoms with van der Waals surface area (Å²) in [6.45, 7) is 2.09. The van der Waals surface area contributed by atoms with Crippen molar-refractivity contribution in [1.29, 1.82) is 0 Å². The highest BCUT2D eigenvalue weighted by Gasteiger charge is 2.34. The predicted octanol–water partition coefficient (Wildman–Crippen LogP) is 2.34. The molecule has 11 nitrogen and oxygen atoms in total. The van der Waals surface area contributed by atoms with E-state index in [2.05, 4.69) is 21.5 Å². The number of sulfone groups is 1. The first-order valence-electron chi connectivity index (χ1n) is 10.5. The second-order valence-corrected chi connectivity index (χ2v) is 10.3. The molecule has 2 heterocycles. The summed E-state index contributed by atoms with van der Waals surface area (Å²) < 4.78 is 41.7. The van der Waals surface area contributed by atoms with Gasteiger partial charge in [-0.25, -0.2) is 28.5 Å². The minimum absolute atomic E-state index is 0.00196. The third kappa shape index (κ3) is 5.68. The van der Waals surface area contributed by atoms with Gasteiger partial charge in [-0.3, -0.25) is 4.79 Å². The number of hydrogen-bond acceptors (Lipinski definition) is 10. The second-order valence-electron chi connectivity index (χ2n) is 7.53. The van der Waals surface area contributed by atoms with Crippen LogP contribution in [0, 0.1) is 0 Å². The van der Waals surface area contributed by atoms with Crippen LogP contribution in [0.3, 0.4) is 0 Å². The number of nitrogens with one attached hydrogen (secondary N) is 2. The Morgan fingerprint density at radius 3 is 2.47 bits per heavy atom. The first-order chi connectivity index (χ1) is 17.2. The van der Waals surface area contributed by atoms with E-state index < -0.39 is 32.0 Å². The molecule has 1 atom stereocenters. The molecular formula is C22H24FN5O6S2. The Morgan fingerprint density at radius 2 is 1.86 bits per heavy atom. The highest BCUT2D eigenvalue weighted by molar-refractivity contribution is 7.91. The van der Waals surface area contributed by atoms with Crippen molar-refractivity contribution in [2.45, 2.75) is 23.1 Å². The molecule has 192 valence electrons. The van der Waals surface area contributed by atoms with Gasteiger partial charge in [0.1, 0.15) is 0 Å². The van der Waals surface area contributed by atoms with E-state index in [0.29, 0.717) is 34.7 Å². The molecule has 1 aromatic heterocycles. The van der Waals surface area contributed by atoms with Gasteiger partial charge in [-0.1, -0.05) is 41.7 Å². The smallest absolute Gasteiger partial charge is 0.349 e. The quantitative estimate of drug-likeness (QED) is 0.232. The Morgan fingerprint density at radius 1 is 1.19 bits per heavy atom.